The molecule has 1 aromatic rings. The van der Waals surface area contributed by atoms with Crippen molar-refractivity contribution in [3.8, 4) is 0 Å². The largest absolute Gasteiger partial charge is 0.397 e. The maximum atomic E-state index is 5.72. The number of nitrogens with zero attached hydrogens (tertiary/aromatic N) is 2. The lowest BCUT2D eigenvalue weighted by atomic mass is 9.89. The number of pyridine rings is 1. The van der Waals surface area contributed by atoms with Crippen molar-refractivity contribution in [2.75, 3.05) is 12.8 Å². The van der Waals surface area contributed by atoms with E-state index < -0.39 is 0 Å². The van der Waals surface area contributed by atoms with E-state index in [0.29, 0.717) is 11.6 Å². The molecule has 3 N–H and O–H groups in total. The second-order valence-electron chi connectivity index (χ2n) is 6.45. The van der Waals surface area contributed by atoms with Crippen molar-refractivity contribution >= 4 is 22.6 Å². The Bertz CT molecular complexity index is 613. The maximum absolute atomic E-state index is 5.72. The van der Waals surface area contributed by atoms with Gasteiger partial charge in [0, 0.05) is 24.9 Å². The Morgan fingerprint density at radius 2 is 2.16 bits per heavy atom. The zero-order valence-electron chi connectivity index (χ0n) is 15.4. The van der Waals surface area contributed by atoms with E-state index in [0.717, 1.165) is 29.4 Å². The zero-order chi connectivity index (χ0) is 18.1. The van der Waals surface area contributed by atoms with Crippen molar-refractivity contribution in [2.24, 2.45) is 10.9 Å². The Hall–Kier alpha value is -1.75. The van der Waals surface area contributed by atoms with Crippen LogP contribution >= 0.6 is 11.8 Å². The Morgan fingerprint density at radius 3 is 2.76 bits per heavy atom. The Morgan fingerprint density at radius 1 is 1.40 bits per heavy atom. The van der Waals surface area contributed by atoms with Crippen molar-refractivity contribution < 1.29 is 0 Å². The minimum atomic E-state index is 0.620. The first-order valence-electron chi connectivity index (χ1n) is 9.12. The first-order valence-corrected chi connectivity index (χ1v) is 9.94. The van der Waals surface area contributed by atoms with Crippen LogP contribution in [0, 0.1) is 5.92 Å². The minimum absolute atomic E-state index is 0.620. The average molecular weight is 359 g/mol. The summed E-state index contributed by atoms with van der Waals surface area (Å²) in [6, 6.07) is 3.86. The van der Waals surface area contributed by atoms with E-state index in [1.165, 1.54) is 37.0 Å². The molecule has 0 amide bonds. The Balaban J connectivity index is 1.97. The number of rotatable bonds is 6. The summed E-state index contributed by atoms with van der Waals surface area (Å²) in [6.45, 7) is 6.44. The molecule has 2 rings (SSSR count). The molecule has 0 saturated heterocycles. The van der Waals surface area contributed by atoms with Crippen LogP contribution in [0.2, 0.25) is 0 Å². The molecular weight excluding hydrogens is 328 g/mol. The van der Waals surface area contributed by atoms with Crippen molar-refractivity contribution in [1.29, 1.82) is 0 Å². The van der Waals surface area contributed by atoms with Gasteiger partial charge in [0.25, 0.3) is 0 Å². The predicted molar refractivity (Wildman–Crippen MR) is 111 cm³/mol. The highest BCUT2D eigenvalue weighted by molar-refractivity contribution is 8.17. The lowest BCUT2D eigenvalue weighted by molar-refractivity contribution is 0.416. The van der Waals surface area contributed by atoms with E-state index in [4.69, 9.17) is 5.73 Å². The first kappa shape index (κ1) is 19.6. The molecule has 1 saturated carbocycles. The van der Waals surface area contributed by atoms with Gasteiger partial charge in [-0.15, -0.1) is 0 Å². The summed E-state index contributed by atoms with van der Waals surface area (Å²) in [7, 11) is 1.83. The number of aromatic nitrogens is 1. The highest BCUT2D eigenvalue weighted by Crippen LogP contribution is 2.34. The van der Waals surface area contributed by atoms with E-state index in [9.17, 15) is 0 Å². The van der Waals surface area contributed by atoms with Gasteiger partial charge < -0.3 is 11.1 Å². The van der Waals surface area contributed by atoms with E-state index in [1.807, 2.05) is 19.2 Å². The molecule has 1 fully saturated rings. The highest BCUT2D eigenvalue weighted by atomic mass is 32.2. The second-order valence-corrected chi connectivity index (χ2v) is 7.57. The standard InChI is InChI=1S/C20H30N4S/c1-4-8-19(13-18-12-11-17(21)14-23-18)24-20(22-3)25-15(2)16-9-6-5-7-10-16/h8,11-12,14,16H,2,4-7,9-10,13,21H2,1,3H3,(H,22,24)/b19-8+. The third-order valence-electron chi connectivity index (χ3n) is 4.43. The molecule has 25 heavy (non-hydrogen) atoms. The normalized spacial score (nSPS) is 16.7. The van der Waals surface area contributed by atoms with Gasteiger partial charge in [0.05, 0.1) is 11.9 Å². The fourth-order valence-electron chi connectivity index (χ4n) is 3.05. The molecule has 0 aromatic carbocycles. The molecule has 0 atom stereocenters. The molecule has 0 bridgehead atoms. The van der Waals surface area contributed by atoms with Crippen molar-refractivity contribution in [2.45, 2.75) is 51.9 Å². The van der Waals surface area contributed by atoms with Gasteiger partial charge in [-0.05, 0) is 42.2 Å². The SMILES string of the molecule is C=C(S/C(=N\C)N/C(=C/CC)Cc1ccc(N)cn1)C1CCCCC1. The lowest BCUT2D eigenvalue weighted by Gasteiger charge is -2.24. The molecule has 1 aromatic heterocycles. The van der Waals surface area contributed by atoms with Gasteiger partial charge in [-0.1, -0.05) is 50.6 Å². The molecule has 136 valence electrons. The van der Waals surface area contributed by atoms with Gasteiger partial charge in [-0.3, -0.25) is 9.98 Å². The third kappa shape index (κ3) is 6.58. The molecule has 0 spiro atoms. The summed E-state index contributed by atoms with van der Waals surface area (Å²) < 4.78 is 0. The molecule has 4 nitrogen and oxygen atoms in total. The lowest BCUT2D eigenvalue weighted by Crippen LogP contribution is -2.22. The van der Waals surface area contributed by atoms with Crippen LogP contribution in [0.3, 0.4) is 0 Å². The molecule has 0 radical (unpaired) electrons. The maximum Gasteiger partial charge on any atom is 0.165 e. The number of aliphatic imine (C=N–C) groups is 1. The summed E-state index contributed by atoms with van der Waals surface area (Å²) in [4.78, 5) is 10.1. The van der Waals surface area contributed by atoms with E-state index in [2.05, 4.69) is 34.9 Å². The first-order chi connectivity index (χ1) is 12.1. The van der Waals surface area contributed by atoms with Crippen LogP contribution in [-0.2, 0) is 6.42 Å². The Labute approximate surface area is 156 Å². The number of nitrogen functional groups attached to an aromatic ring is 1. The molecule has 1 heterocycles. The van der Waals surface area contributed by atoms with Gasteiger partial charge in [-0.25, -0.2) is 0 Å². The summed E-state index contributed by atoms with van der Waals surface area (Å²) in [5.74, 6) is 0.620. The van der Waals surface area contributed by atoms with Crippen molar-refractivity contribution in [3.05, 3.63) is 47.3 Å². The molecule has 0 aliphatic heterocycles. The molecule has 1 aliphatic carbocycles. The van der Waals surface area contributed by atoms with Crippen molar-refractivity contribution in [1.82, 2.24) is 10.3 Å². The number of hydrogen-bond donors (Lipinski definition) is 2. The number of hydrogen-bond acceptors (Lipinski definition) is 4. The number of allylic oxidation sites excluding steroid dienone is 3. The Kier molecular flexibility index (Phi) is 8.06. The number of thioether (sulfide) groups is 1. The fourth-order valence-corrected chi connectivity index (χ4v) is 3.97. The van der Waals surface area contributed by atoms with Crippen LogP contribution in [0.15, 0.2) is 46.6 Å². The van der Waals surface area contributed by atoms with Crippen molar-refractivity contribution in [3.63, 3.8) is 0 Å². The van der Waals surface area contributed by atoms with Gasteiger partial charge in [0.15, 0.2) is 5.17 Å². The van der Waals surface area contributed by atoms with Gasteiger partial charge >= 0.3 is 0 Å². The zero-order valence-corrected chi connectivity index (χ0v) is 16.2. The summed E-state index contributed by atoms with van der Waals surface area (Å²) in [5, 5.41) is 4.39. The molecule has 0 unspecified atom stereocenters. The highest BCUT2D eigenvalue weighted by Gasteiger charge is 2.18. The summed E-state index contributed by atoms with van der Waals surface area (Å²) in [6.07, 6.45) is 12.1. The van der Waals surface area contributed by atoms with Crippen LogP contribution in [0.4, 0.5) is 5.69 Å². The number of nitrogens with two attached hydrogens (primary N) is 1. The predicted octanol–water partition coefficient (Wildman–Crippen LogP) is 4.90. The summed E-state index contributed by atoms with van der Waals surface area (Å²) in [5.41, 5.74) is 8.52. The third-order valence-corrected chi connectivity index (χ3v) is 5.50. The summed E-state index contributed by atoms with van der Waals surface area (Å²) >= 11 is 1.68. The van der Waals surface area contributed by atoms with Gasteiger partial charge in [0.1, 0.15) is 0 Å². The average Bonchev–Trinajstić information content (AvgIpc) is 2.63. The topological polar surface area (TPSA) is 63.3 Å². The van der Waals surface area contributed by atoms with E-state index in [-0.39, 0.29) is 0 Å². The molecular formula is C20H30N4S. The molecule has 5 heteroatoms. The van der Waals surface area contributed by atoms with Gasteiger partial charge in [0.2, 0.25) is 0 Å². The van der Waals surface area contributed by atoms with Crippen LogP contribution in [0.25, 0.3) is 0 Å². The number of amidine groups is 1. The van der Waals surface area contributed by atoms with Crippen LogP contribution in [0.1, 0.15) is 51.1 Å². The smallest absolute Gasteiger partial charge is 0.165 e. The molecule has 1 aliphatic rings. The second kappa shape index (κ2) is 10.3. The quantitative estimate of drug-likeness (QED) is 0.560. The van der Waals surface area contributed by atoms with E-state index in [1.54, 1.807) is 18.0 Å². The fraction of sp³-hybridized carbons (Fsp3) is 0.500. The van der Waals surface area contributed by atoms with Crippen LogP contribution < -0.4 is 11.1 Å². The van der Waals surface area contributed by atoms with Crippen LogP contribution in [0.5, 0.6) is 0 Å². The van der Waals surface area contributed by atoms with Gasteiger partial charge in [-0.2, -0.15) is 0 Å². The number of anilines is 1. The monoisotopic (exact) mass is 358 g/mol. The minimum Gasteiger partial charge on any atom is -0.397 e. The van der Waals surface area contributed by atoms with E-state index >= 15 is 0 Å². The van der Waals surface area contributed by atoms with Crippen LogP contribution in [-0.4, -0.2) is 17.2 Å². The number of nitrogens with one attached hydrogen (secondary N) is 1.